The summed E-state index contributed by atoms with van der Waals surface area (Å²) in [6, 6.07) is 30.0. The van der Waals surface area contributed by atoms with Crippen LogP contribution in [0.25, 0.3) is 0 Å². The molecule has 7 nitrogen and oxygen atoms in total. The van der Waals surface area contributed by atoms with Gasteiger partial charge in [-0.1, -0.05) is 91.0 Å². The maximum absolute atomic E-state index is 13.1. The smallest absolute Gasteiger partial charge is 0.341 e. The SMILES string of the molecule is Nc1c(C(=O)OCc2ccccc2)ccc(C(=O)OCc2ccccc2)c1C(=O)OCc1ccccc1. The van der Waals surface area contributed by atoms with Crippen LogP contribution in [0.4, 0.5) is 5.69 Å². The summed E-state index contributed by atoms with van der Waals surface area (Å²) in [5.74, 6) is -2.36. The highest BCUT2D eigenvalue weighted by Crippen LogP contribution is 2.26. The van der Waals surface area contributed by atoms with Gasteiger partial charge < -0.3 is 19.9 Å². The van der Waals surface area contributed by atoms with Gasteiger partial charge in [0.2, 0.25) is 0 Å². The van der Waals surface area contributed by atoms with Gasteiger partial charge in [0.15, 0.2) is 0 Å². The molecule has 0 aliphatic heterocycles. The molecule has 4 aromatic carbocycles. The van der Waals surface area contributed by atoms with E-state index in [9.17, 15) is 14.4 Å². The first-order valence-electron chi connectivity index (χ1n) is 11.6. The zero-order chi connectivity index (χ0) is 26.0. The van der Waals surface area contributed by atoms with Crippen LogP contribution in [-0.2, 0) is 34.0 Å². The van der Waals surface area contributed by atoms with E-state index in [-0.39, 0.29) is 42.2 Å². The van der Waals surface area contributed by atoms with Gasteiger partial charge in [-0.2, -0.15) is 0 Å². The van der Waals surface area contributed by atoms with Gasteiger partial charge in [0, 0.05) is 0 Å². The second-order valence-corrected chi connectivity index (χ2v) is 8.13. The number of esters is 3. The number of carbonyl (C=O) groups excluding carboxylic acids is 3. The Morgan fingerprint density at radius 1 is 0.486 bits per heavy atom. The Balaban J connectivity index is 1.58. The normalized spacial score (nSPS) is 10.4. The third-order valence-corrected chi connectivity index (χ3v) is 5.53. The number of benzene rings is 4. The third kappa shape index (κ3) is 6.61. The van der Waals surface area contributed by atoms with Crippen LogP contribution in [0.3, 0.4) is 0 Å². The molecule has 0 unspecified atom stereocenters. The van der Waals surface area contributed by atoms with E-state index < -0.39 is 17.9 Å². The van der Waals surface area contributed by atoms with Gasteiger partial charge >= 0.3 is 17.9 Å². The van der Waals surface area contributed by atoms with Gasteiger partial charge in [0.25, 0.3) is 0 Å². The standard InChI is InChI=1S/C30H25NO6/c31-27-25(29(33)36-19-22-12-6-2-7-13-22)17-16-24(28(32)35-18-21-10-4-1-5-11-21)26(27)30(34)37-20-23-14-8-3-9-15-23/h1-17H,18-20,31H2. The molecule has 0 radical (unpaired) electrons. The minimum absolute atomic E-state index is 0.00104. The van der Waals surface area contributed by atoms with Gasteiger partial charge in [0.1, 0.15) is 19.8 Å². The fraction of sp³-hybridized carbons (Fsp3) is 0.100. The molecule has 2 N–H and O–H groups in total. The molecule has 0 atom stereocenters. The first kappa shape index (κ1) is 25.2. The summed E-state index contributed by atoms with van der Waals surface area (Å²) in [4.78, 5) is 38.9. The van der Waals surface area contributed by atoms with Gasteiger partial charge in [-0.3, -0.25) is 0 Å². The summed E-state index contributed by atoms with van der Waals surface area (Å²) in [5.41, 5.74) is 7.95. The lowest BCUT2D eigenvalue weighted by molar-refractivity contribution is 0.0424. The van der Waals surface area contributed by atoms with E-state index in [0.29, 0.717) is 0 Å². The van der Waals surface area contributed by atoms with Gasteiger partial charge in [-0.15, -0.1) is 0 Å². The molecule has 0 bridgehead atoms. The molecule has 0 spiro atoms. The Hall–Kier alpha value is -4.91. The van der Waals surface area contributed by atoms with Crippen molar-refractivity contribution in [3.05, 3.63) is 137 Å². The van der Waals surface area contributed by atoms with Gasteiger partial charge in [0.05, 0.1) is 22.4 Å². The molecule has 0 saturated carbocycles. The van der Waals surface area contributed by atoms with Crippen LogP contribution < -0.4 is 5.73 Å². The quantitative estimate of drug-likeness (QED) is 0.190. The lowest BCUT2D eigenvalue weighted by atomic mass is 10.0. The van der Waals surface area contributed by atoms with E-state index in [1.807, 2.05) is 78.9 Å². The zero-order valence-electron chi connectivity index (χ0n) is 20.0. The minimum Gasteiger partial charge on any atom is -0.457 e. The van der Waals surface area contributed by atoms with Gasteiger partial charge in [-0.25, -0.2) is 14.4 Å². The first-order chi connectivity index (χ1) is 18.0. The predicted molar refractivity (Wildman–Crippen MR) is 138 cm³/mol. The maximum atomic E-state index is 13.1. The zero-order valence-corrected chi connectivity index (χ0v) is 20.0. The summed E-state index contributed by atoms with van der Waals surface area (Å²) < 4.78 is 16.2. The van der Waals surface area contributed by atoms with Crippen LogP contribution in [0.2, 0.25) is 0 Å². The number of ether oxygens (including phenoxy) is 3. The molecule has 4 rings (SSSR count). The first-order valence-corrected chi connectivity index (χ1v) is 11.6. The Kier molecular flexibility index (Phi) is 8.29. The lowest BCUT2D eigenvalue weighted by Crippen LogP contribution is -2.19. The van der Waals surface area contributed by atoms with Crippen LogP contribution >= 0.6 is 0 Å². The molecule has 0 aliphatic rings. The largest absolute Gasteiger partial charge is 0.457 e. The summed E-state index contributed by atoms with van der Waals surface area (Å²) in [5, 5.41) is 0. The molecule has 37 heavy (non-hydrogen) atoms. The van der Waals surface area contributed by atoms with E-state index in [4.69, 9.17) is 19.9 Å². The molecule has 7 heteroatoms. The lowest BCUT2D eigenvalue weighted by Gasteiger charge is -2.15. The maximum Gasteiger partial charge on any atom is 0.341 e. The Morgan fingerprint density at radius 2 is 0.838 bits per heavy atom. The van der Waals surface area contributed by atoms with Gasteiger partial charge in [-0.05, 0) is 28.8 Å². The van der Waals surface area contributed by atoms with Crippen LogP contribution in [0.1, 0.15) is 47.8 Å². The minimum atomic E-state index is -0.856. The summed E-state index contributed by atoms with van der Waals surface area (Å²) in [7, 11) is 0. The average Bonchev–Trinajstić information content (AvgIpc) is 2.94. The molecule has 186 valence electrons. The van der Waals surface area contributed by atoms with Crippen LogP contribution in [0.15, 0.2) is 103 Å². The average molecular weight is 496 g/mol. The number of hydrogen-bond acceptors (Lipinski definition) is 7. The predicted octanol–water partition coefficient (Wildman–Crippen LogP) is 5.34. The highest BCUT2D eigenvalue weighted by Gasteiger charge is 2.27. The van der Waals surface area contributed by atoms with E-state index in [0.717, 1.165) is 16.7 Å². The molecule has 0 amide bonds. The van der Waals surface area contributed by atoms with Crippen molar-refractivity contribution in [2.45, 2.75) is 19.8 Å². The number of rotatable bonds is 9. The van der Waals surface area contributed by atoms with Crippen molar-refractivity contribution < 1.29 is 28.6 Å². The Labute approximate surface area is 214 Å². The van der Waals surface area contributed by atoms with Crippen molar-refractivity contribution >= 4 is 23.6 Å². The highest BCUT2D eigenvalue weighted by atomic mass is 16.5. The number of nitrogen functional groups attached to an aromatic ring is 1. The number of nitrogens with two attached hydrogens (primary N) is 1. The van der Waals surface area contributed by atoms with Crippen LogP contribution in [-0.4, -0.2) is 17.9 Å². The summed E-state index contributed by atoms with van der Waals surface area (Å²) in [6.07, 6.45) is 0. The fourth-order valence-corrected chi connectivity index (χ4v) is 3.58. The van der Waals surface area contributed by atoms with E-state index in [2.05, 4.69) is 0 Å². The highest BCUT2D eigenvalue weighted by molar-refractivity contribution is 6.10. The molecule has 0 aromatic heterocycles. The molecular formula is C30H25NO6. The topological polar surface area (TPSA) is 105 Å². The monoisotopic (exact) mass is 495 g/mol. The van der Waals surface area contributed by atoms with Crippen LogP contribution in [0.5, 0.6) is 0 Å². The molecule has 0 aliphatic carbocycles. The second-order valence-electron chi connectivity index (χ2n) is 8.13. The van der Waals surface area contributed by atoms with Crippen molar-refractivity contribution in [2.75, 3.05) is 5.73 Å². The van der Waals surface area contributed by atoms with Crippen molar-refractivity contribution in [1.29, 1.82) is 0 Å². The molecule has 0 fully saturated rings. The Morgan fingerprint density at radius 3 is 1.27 bits per heavy atom. The molecule has 0 saturated heterocycles. The number of carbonyl (C=O) groups is 3. The molecule has 0 heterocycles. The number of anilines is 1. The Bertz CT molecular complexity index is 1370. The summed E-state index contributed by atoms with van der Waals surface area (Å²) in [6.45, 7) is -0.0208. The fourth-order valence-electron chi connectivity index (χ4n) is 3.58. The van der Waals surface area contributed by atoms with Crippen LogP contribution in [0, 0.1) is 0 Å². The second kappa shape index (κ2) is 12.2. The van der Waals surface area contributed by atoms with Crippen molar-refractivity contribution in [3.63, 3.8) is 0 Å². The van der Waals surface area contributed by atoms with Crippen molar-refractivity contribution in [1.82, 2.24) is 0 Å². The third-order valence-electron chi connectivity index (χ3n) is 5.53. The molecular weight excluding hydrogens is 470 g/mol. The molecule has 4 aromatic rings. The number of hydrogen-bond donors (Lipinski definition) is 1. The van der Waals surface area contributed by atoms with E-state index in [1.54, 1.807) is 12.1 Å². The van der Waals surface area contributed by atoms with E-state index >= 15 is 0 Å². The summed E-state index contributed by atoms with van der Waals surface area (Å²) >= 11 is 0. The van der Waals surface area contributed by atoms with Crippen molar-refractivity contribution in [3.8, 4) is 0 Å². The van der Waals surface area contributed by atoms with Crippen molar-refractivity contribution in [2.24, 2.45) is 0 Å². The van der Waals surface area contributed by atoms with E-state index in [1.165, 1.54) is 12.1 Å².